The number of hydrogen-bond donors (Lipinski definition) is 2. The van der Waals surface area contributed by atoms with Crippen LogP contribution < -0.4 is 5.32 Å². The van der Waals surface area contributed by atoms with Crippen LogP contribution in [0.25, 0.3) is 10.9 Å². The molecule has 1 aromatic carbocycles. The first-order chi connectivity index (χ1) is 11.3. The summed E-state index contributed by atoms with van der Waals surface area (Å²) in [6, 6.07) is 9.04. The van der Waals surface area contributed by atoms with Gasteiger partial charge in [0.25, 0.3) is 0 Å². The zero-order valence-electron chi connectivity index (χ0n) is 13.3. The maximum atomic E-state index is 5.94. The number of fused-ring (bicyclic) bond motifs is 1. The Labute approximate surface area is 135 Å². The van der Waals surface area contributed by atoms with Crippen LogP contribution in [-0.2, 0) is 18.3 Å². The molecule has 0 radical (unpaired) electrons. The van der Waals surface area contributed by atoms with Gasteiger partial charge in [0.1, 0.15) is 6.10 Å². The summed E-state index contributed by atoms with van der Waals surface area (Å²) in [5.41, 5.74) is 3.70. The highest BCUT2D eigenvalue weighted by molar-refractivity contribution is 5.82. The fourth-order valence-electron chi connectivity index (χ4n) is 3.43. The van der Waals surface area contributed by atoms with Gasteiger partial charge in [-0.15, -0.1) is 0 Å². The number of benzene rings is 1. The number of aryl methyl sites for hydroxylation is 1. The second-order valence-corrected chi connectivity index (χ2v) is 6.25. The topological polar surface area (TPSA) is 54.9 Å². The third kappa shape index (κ3) is 2.90. The molecule has 1 aliphatic heterocycles. The molecule has 0 amide bonds. The standard InChI is InChI=1S/C18H22N4O/c1-22-12-19-11-17(22)18-9-14(6-8-23-18)21-10-13-3-2-4-16-15(13)5-7-20-16/h2-5,7,11-12,14,18,20-21H,6,8-10H2,1H3/t14-,18-/m0/s1. The predicted molar refractivity (Wildman–Crippen MR) is 90.1 cm³/mol. The van der Waals surface area contributed by atoms with Gasteiger partial charge in [-0.3, -0.25) is 0 Å². The van der Waals surface area contributed by atoms with Gasteiger partial charge in [-0.25, -0.2) is 4.98 Å². The molecular weight excluding hydrogens is 288 g/mol. The van der Waals surface area contributed by atoms with Crippen molar-refractivity contribution in [3.63, 3.8) is 0 Å². The monoisotopic (exact) mass is 310 g/mol. The van der Waals surface area contributed by atoms with E-state index >= 15 is 0 Å². The van der Waals surface area contributed by atoms with E-state index in [0.29, 0.717) is 6.04 Å². The van der Waals surface area contributed by atoms with Crippen LogP contribution in [-0.4, -0.2) is 27.2 Å². The fraction of sp³-hybridized carbons (Fsp3) is 0.389. The lowest BCUT2D eigenvalue weighted by atomic mass is 10.0. The molecule has 2 aromatic heterocycles. The molecule has 3 heterocycles. The summed E-state index contributed by atoms with van der Waals surface area (Å²) in [7, 11) is 2.02. The molecule has 0 saturated carbocycles. The molecule has 5 heteroatoms. The Balaban J connectivity index is 1.43. The minimum atomic E-state index is 0.136. The lowest BCUT2D eigenvalue weighted by Gasteiger charge is -2.30. The number of H-pyrrole nitrogens is 1. The van der Waals surface area contributed by atoms with Crippen molar-refractivity contribution in [1.82, 2.24) is 19.9 Å². The number of imidazole rings is 1. The molecule has 0 aliphatic carbocycles. The average Bonchev–Trinajstić information content (AvgIpc) is 3.22. The van der Waals surface area contributed by atoms with Crippen molar-refractivity contribution < 1.29 is 4.74 Å². The summed E-state index contributed by atoms with van der Waals surface area (Å²) in [6.07, 6.45) is 7.92. The largest absolute Gasteiger partial charge is 0.372 e. The van der Waals surface area contributed by atoms with Crippen LogP contribution in [0.1, 0.15) is 30.2 Å². The van der Waals surface area contributed by atoms with E-state index in [1.54, 1.807) is 0 Å². The molecule has 0 bridgehead atoms. The van der Waals surface area contributed by atoms with E-state index in [0.717, 1.165) is 31.7 Å². The second kappa shape index (κ2) is 6.18. The van der Waals surface area contributed by atoms with Crippen LogP contribution in [0.5, 0.6) is 0 Å². The number of hydrogen-bond acceptors (Lipinski definition) is 3. The van der Waals surface area contributed by atoms with Crippen LogP contribution in [0.3, 0.4) is 0 Å². The van der Waals surface area contributed by atoms with Gasteiger partial charge < -0.3 is 19.6 Å². The molecule has 2 N–H and O–H groups in total. The minimum Gasteiger partial charge on any atom is -0.372 e. The summed E-state index contributed by atoms with van der Waals surface area (Å²) in [4.78, 5) is 7.48. The van der Waals surface area contributed by atoms with Crippen molar-refractivity contribution in [3.8, 4) is 0 Å². The van der Waals surface area contributed by atoms with Crippen LogP contribution in [0.4, 0.5) is 0 Å². The van der Waals surface area contributed by atoms with Crippen LogP contribution in [0.2, 0.25) is 0 Å². The number of aromatic amines is 1. The molecule has 1 fully saturated rings. The second-order valence-electron chi connectivity index (χ2n) is 6.25. The van der Waals surface area contributed by atoms with E-state index in [-0.39, 0.29) is 6.10 Å². The average molecular weight is 310 g/mol. The van der Waals surface area contributed by atoms with Gasteiger partial charge in [0, 0.05) is 43.3 Å². The van der Waals surface area contributed by atoms with Gasteiger partial charge in [-0.05, 0) is 30.5 Å². The van der Waals surface area contributed by atoms with Gasteiger partial charge in [-0.2, -0.15) is 0 Å². The zero-order valence-corrected chi connectivity index (χ0v) is 13.3. The summed E-state index contributed by atoms with van der Waals surface area (Å²) in [5, 5.41) is 5.01. The van der Waals surface area contributed by atoms with Gasteiger partial charge in [0.15, 0.2) is 0 Å². The van der Waals surface area contributed by atoms with Crippen molar-refractivity contribution in [3.05, 3.63) is 54.2 Å². The van der Waals surface area contributed by atoms with Crippen LogP contribution in [0, 0.1) is 0 Å². The zero-order chi connectivity index (χ0) is 15.6. The van der Waals surface area contributed by atoms with Gasteiger partial charge >= 0.3 is 0 Å². The normalized spacial score (nSPS) is 21.8. The third-order valence-electron chi connectivity index (χ3n) is 4.73. The molecule has 0 spiro atoms. The number of nitrogens with zero attached hydrogens (tertiary/aromatic N) is 2. The van der Waals surface area contributed by atoms with Gasteiger partial charge in [-0.1, -0.05) is 12.1 Å². The molecule has 0 unspecified atom stereocenters. The molecule has 120 valence electrons. The lowest BCUT2D eigenvalue weighted by Crippen LogP contribution is -2.36. The molecule has 3 aromatic rings. The van der Waals surface area contributed by atoms with Crippen molar-refractivity contribution in [2.45, 2.75) is 31.5 Å². The first kappa shape index (κ1) is 14.5. The van der Waals surface area contributed by atoms with Crippen molar-refractivity contribution in [2.75, 3.05) is 6.61 Å². The number of nitrogens with one attached hydrogen (secondary N) is 2. The molecule has 5 nitrogen and oxygen atoms in total. The van der Waals surface area contributed by atoms with E-state index < -0.39 is 0 Å². The minimum absolute atomic E-state index is 0.136. The van der Waals surface area contributed by atoms with E-state index in [1.165, 1.54) is 16.5 Å². The SMILES string of the molecule is Cn1cncc1[C@@H]1C[C@@H](NCc2cccc3[nH]ccc23)CCO1. The maximum Gasteiger partial charge on any atom is 0.100 e. The fourth-order valence-corrected chi connectivity index (χ4v) is 3.43. The summed E-state index contributed by atoms with van der Waals surface area (Å²) in [6.45, 7) is 1.68. The van der Waals surface area contributed by atoms with Crippen LogP contribution >= 0.6 is 0 Å². The summed E-state index contributed by atoms with van der Waals surface area (Å²) < 4.78 is 7.99. The highest BCUT2D eigenvalue weighted by Crippen LogP contribution is 2.28. The summed E-state index contributed by atoms with van der Waals surface area (Å²) >= 11 is 0. The highest BCUT2D eigenvalue weighted by atomic mass is 16.5. The van der Waals surface area contributed by atoms with Crippen molar-refractivity contribution in [2.24, 2.45) is 7.05 Å². The number of rotatable bonds is 4. The Morgan fingerprint density at radius 1 is 1.39 bits per heavy atom. The third-order valence-corrected chi connectivity index (χ3v) is 4.73. The molecule has 23 heavy (non-hydrogen) atoms. The highest BCUT2D eigenvalue weighted by Gasteiger charge is 2.25. The molecule has 4 rings (SSSR count). The smallest absolute Gasteiger partial charge is 0.100 e. The van der Waals surface area contributed by atoms with Gasteiger partial charge in [0.05, 0.1) is 18.2 Å². The van der Waals surface area contributed by atoms with Crippen molar-refractivity contribution >= 4 is 10.9 Å². The number of ether oxygens (including phenoxy) is 1. The maximum absolute atomic E-state index is 5.94. The Morgan fingerprint density at radius 3 is 3.22 bits per heavy atom. The molecule has 2 atom stereocenters. The Kier molecular flexibility index (Phi) is 3.89. The Bertz CT molecular complexity index is 791. The first-order valence-corrected chi connectivity index (χ1v) is 8.17. The Morgan fingerprint density at radius 2 is 2.35 bits per heavy atom. The lowest BCUT2D eigenvalue weighted by molar-refractivity contribution is -0.00402. The quantitative estimate of drug-likeness (QED) is 0.779. The van der Waals surface area contributed by atoms with Crippen molar-refractivity contribution in [1.29, 1.82) is 0 Å². The van der Waals surface area contributed by atoms with E-state index in [9.17, 15) is 0 Å². The molecular formula is C18H22N4O. The first-order valence-electron chi connectivity index (χ1n) is 8.17. The Hall–Kier alpha value is -2.11. The van der Waals surface area contributed by atoms with E-state index in [4.69, 9.17) is 4.74 Å². The summed E-state index contributed by atoms with van der Waals surface area (Å²) in [5.74, 6) is 0. The van der Waals surface area contributed by atoms with E-state index in [2.05, 4.69) is 39.6 Å². The molecule has 1 saturated heterocycles. The van der Waals surface area contributed by atoms with E-state index in [1.807, 2.05) is 30.3 Å². The number of aromatic nitrogens is 3. The van der Waals surface area contributed by atoms with Gasteiger partial charge in [0.2, 0.25) is 0 Å². The molecule has 1 aliphatic rings. The predicted octanol–water partition coefficient (Wildman–Crippen LogP) is 2.91. The van der Waals surface area contributed by atoms with Crippen LogP contribution in [0.15, 0.2) is 43.0 Å².